The van der Waals surface area contributed by atoms with Gasteiger partial charge in [-0.05, 0) is 18.1 Å². The predicted octanol–water partition coefficient (Wildman–Crippen LogP) is 5.37. The fourth-order valence-corrected chi connectivity index (χ4v) is 3.44. The van der Waals surface area contributed by atoms with E-state index in [0.717, 1.165) is 28.9 Å². The van der Waals surface area contributed by atoms with Gasteiger partial charge in [0.2, 0.25) is 0 Å². The number of halogens is 5. The molecule has 3 N–H and O–H groups in total. The van der Waals surface area contributed by atoms with Crippen LogP contribution in [-0.2, 0) is 6.18 Å². The molecule has 1 atom stereocenters. The zero-order valence-corrected chi connectivity index (χ0v) is 17.4. The van der Waals surface area contributed by atoms with Crippen molar-refractivity contribution in [1.82, 2.24) is 24.6 Å². The van der Waals surface area contributed by atoms with Gasteiger partial charge in [-0.2, -0.15) is 13.2 Å². The topological polar surface area (TPSA) is 94.0 Å². The number of nitrogen functional groups attached to an aromatic ring is 1. The van der Waals surface area contributed by atoms with Gasteiger partial charge in [0.15, 0.2) is 11.5 Å². The van der Waals surface area contributed by atoms with Crippen molar-refractivity contribution in [2.45, 2.75) is 26.1 Å². The van der Waals surface area contributed by atoms with E-state index in [1.165, 1.54) is 18.5 Å². The minimum atomic E-state index is -4.65. The highest BCUT2D eigenvalue weighted by Crippen LogP contribution is 2.34. The van der Waals surface area contributed by atoms with Crippen molar-refractivity contribution in [3.8, 4) is 11.3 Å². The number of fused-ring (bicyclic) bond motifs is 1. The number of anilines is 2. The number of nitrogens with zero attached hydrogens (tertiary/aromatic N) is 5. The summed E-state index contributed by atoms with van der Waals surface area (Å²) < 4.78 is 68.3. The molecule has 0 radical (unpaired) electrons. The van der Waals surface area contributed by atoms with Crippen molar-refractivity contribution >= 4 is 17.3 Å². The van der Waals surface area contributed by atoms with E-state index in [4.69, 9.17) is 5.73 Å². The maximum absolute atomic E-state index is 14.4. The molecular weight excluding hydrogens is 445 g/mol. The third kappa shape index (κ3) is 4.41. The van der Waals surface area contributed by atoms with Crippen LogP contribution in [0, 0.1) is 17.6 Å². The Morgan fingerprint density at radius 2 is 1.85 bits per heavy atom. The summed E-state index contributed by atoms with van der Waals surface area (Å²) in [6.45, 7) is 3.68. The third-order valence-corrected chi connectivity index (χ3v) is 4.99. The summed E-state index contributed by atoms with van der Waals surface area (Å²) in [5.41, 5.74) is 5.23. The molecule has 33 heavy (non-hydrogen) atoms. The van der Waals surface area contributed by atoms with Gasteiger partial charge < -0.3 is 11.1 Å². The molecule has 0 aliphatic heterocycles. The number of nitrogens with one attached hydrogen (secondary N) is 1. The summed E-state index contributed by atoms with van der Waals surface area (Å²) >= 11 is 0. The van der Waals surface area contributed by atoms with Gasteiger partial charge >= 0.3 is 6.18 Å². The van der Waals surface area contributed by atoms with Crippen LogP contribution in [0.5, 0.6) is 0 Å². The van der Waals surface area contributed by atoms with Crippen molar-refractivity contribution < 1.29 is 24.8 Å². The Labute approximate surface area is 187 Å². The summed E-state index contributed by atoms with van der Waals surface area (Å²) in [4.78, 5) is 11.9. The second-order valence-corrected chi connectivity index (χ2v) is 7.66. The zero-order chi connectivity index (χ0) is 23.9. The van der Waals surface area contributed by atoms with Gasteiger partial charge in [0.1, 0.15) is 29.5 Å². The lowest BCUT2D eigenvalue weighted by molar-refractivity contribution is -0.141. The third-order valence-electron chi connectivity index (χ3n) is 4.99. The number of benzene rings is 1. The van der Waals surface area contributed by atoms with Crippen LogP contribution in [0.2, 0.25) is 0 Å². The van der Waals surface area contributed by atoms with Gasteiger partial charge in [0, 0.05) is 26.7 Å². The molecule has 1 aromatic carbocycles. The molecule has 0 aliphatic carbocycles. The van der Waals surface area contributed by atoms with Gasteiger partial charge in [0.25, 0.3) is 0 Å². The Balaban J connectivity index is 0.00000216. The van der Waals surface area contributed by atoms with E-state index in [2.05, 4.69) is 25.4 Å². The summed E-state index contributed by atoms with van der Waals surface area (Å²) in [5, 5.41) is 7.08. The van der Waals surface area contributed by atoms with E-state index in [-0.39, 0.29) is 42.9 Å². The molecule has 0 aliphatic rings. The first-order valence-corrected chi connectivity index (χ1v) is 9.80. The summed E-state index contributed by atoms with van der Waals surface area (Å²) in [7, 11) is 0. The van der Waals surface area contributed by atoms with Gasteiger partial charge in [-0.25, -0.2) is 28.2 Å². The number of rotatable bonds is 5. The maximum atomic E-state index is 14.4. The molecule has 4 aromatic rings. The van der Waals surface area contributed by atoms with Gasteiger partial charge in [-0.3, -0.25) is 0 Å². The standard InChI is InChI=1S/C21H18F5N7.2H2/c1-10(2)18(12-4-3-11(22)7-13(12)23)31-16-8-14(28-9-29-16)17-19(27)32-33-6-5-15(21(24,25)26)30-20(17)33;;/h3-10,18H,1-2H3,(H2,27,32)(H,28,29,31);2*1H/t18-;;/m0../s1. The Morgan fingerprint density at radius 3 is 2.52 bits per heavy atom. The van der Waals surface area contributed by atoms with E-state index in [1.54, 1.807) is 0 Å². The normalized spacial score (nSPS) is 13.0. The molecule has 0 unspecified atom stereocenters. The second-order valence-electron chi connectivity index (χ2n) is 7.66. The largest absolute Gasteiger partial charge is 0.433 e. The molecule has 0 saturated heterocycles. The molecule has 12 heteroatoms. The SMILES string of the molecule is CC(C)[C@H](Nc1cc(-c2c(N)nn3ccc(C(F)(F)F)nc23)ncn1)c1ccc(F)cc1F.[HH].[HH]. The first-order chi connectivity index (χ1) is 15.5. The van der Waals surface area contributed by atoms with Crippen LogP contribution in [0.4, 0.5) is 33.6 Å². The lowest BCUT2D eigenvalue weighted by Crippen LogP contribution is -2.19. The number of hydrogen-bond acceptors (Lipinski definition) is 6. The second kappa shape index (κ2) is 8.26. The fraction of sp³-hybridized carbons (Fsp3) is 0.238. The number of hydrogen-bond donors (Lipinski definition) is 2. The van der Waals surface area contributed by atoms with Crippen LogP contribution in [0.15, 0.2) is 42.9 Å². The van der Waals surface area contributed by atoms with Crippen LogP contribution in [-0.4, -0.2) is 24.6 Å². The highest BCUT2D eigenvalue weighted by atomic mass is 19.4. The smallest absolute Gasteiger partial charge is 0.382 e. The minimum Gasteiger partial charge on any atom is -0.382 e. The Morgan fingerprint density at radius 1 is 1.09 bits per heavy atom. The van der Waals surface area contributed by atoms with E-state index in [0.29, 0.717) is 0 Å². The van der Waals surface area contributed by atoms with Gasteiger partial charge in [0.05, 0.1) is 17.3 Å². The van der Waals surface area contributed by atoms with Crippen LogP contribution in [0.25, 0.3) is 16.9 Å². The first-order valence-electron chi connectivity index (χ1n) is 9.80. The van der Waals surface area contributed by atoms with Crippen LogP contribution in [0.1, 0.15) is 34.0 Å². The zero-order valence-electron chi connectivity index (χ0n) is 17.4. The summed E-state index contributed by atoms with van der Waals surface area (Å²) in [5.74, 6) is -1.35. The van der Waals surface area contributed by atoms with Crippen molar-refractivity contribution in [1.29, 1.82) is 0 Å². The molecule has 0 saturated carbocycles. The molecule has 0 spiro atoms. The minimum absolute atomic E-state index is 0. The van der Waals surface area contributed by atoms with Crippen molar-refractivity contribution in [2.75, 3.05) is 11.1 Å². The Hall–Kier alpha value is -3.83. The maximum Gasteiger partial charge on any atom is 0.433 e. The molecule has 0 bridgehead atoms. The van der Waals surface area contributed by atoms with E-state index < -0.39 is 29.5 Å². The molecule has 0 fully saturated rings. The number of alkyl halides is 3. The molecule has 4 rings (SSSR count). The lowest BCUT2D eigenvalue weighted by atomic mass is 9.95. The molecular formula is C21H22F5N7. The molecule has 176 valence electrons. The van der Waals surface area contributed by atoms with Crippen molar-refractivity contribution in [3.63, 3.8) is 0 Å². The molecule has 0 amide bonds. The first kappa shape index (κ1) is 22.4. The highest BCUT2D eigenvalue weighted by Gasteiger charge is 2.33. The van der Waals surface area contributed by atoms with Crippen molar-refractivity contribution in [2.24, 2.45) is 5.92 Å². The van der Waals surface area contributed by atoms with E-state index in [1.807, 2.05) is 13.8 Å². The summed E-state index contributed by atoms with van der Waals surface area (Å²) in [6, 6.07) is 4.96. The predicted molar refractivity (Wildman–Crippen MR) is 115 cm³/mol. The summed E-state index contributed by atoms with van der Waals surface area (Å²) in [6.07, 6.45) is -2.36. The van der Waals surface area contributed by atoms with Gasteiger partial charge in [-0.1, -0.05) is 19.9 Å². The van der Waals surface area contributed by atoms with E-state index >= 15 is 0 Å². The Kier molecular flexibility index (Phi) is 5.60. The quantitative estimate of drug-likeness (QED) is 0.384. The monoisotopic (exact) mass is 467 g/mol. The molecule has 7 nitrogen and oxygen atoms in total. The fourth-order valence-electron chi connectivity index (χ4n) is 3.44. The average Bonchev–Trinajstić information content (AvgIpc) is 3.07. The van der Waals surface area contributed by atoms with Gasteiger partial charge in [-0.15, -0.1) is 5.10 Å². The highest BCUT2D eigenvalue weighted by molar-refractivity contribution is 5.85. The number of nitrogens with two attached hydrogens (primary N) is 1. The van der Waals surface area contributed by atoms with Crippen LogP contribution in [0.3, 0.4) is 0 Å². The lowest BCUT2D eigenvalue weighted by Gasteiger charge is -2.24. The van der Waals surface area contributed by atoms with Crippen molar-refractivity contribution in [3.05, 3.63) is 65.7 Å². The average molecular weight is 467 g/mol. The Bertz CT molecular complexity index is 1330. The molecule has 3 heterocycles. The van der Waals surface area contributed by atoms with E-state index in [9.17, 15) is 22.0 Å². The molecule has 3 aromatic heterocycles. The van der Waals surface area contributed by atoms with Crippen LogP contribution >= 0.6 is 0 Å². The van der Waals surface area contributed by atoms with Crippen LogP contribution < -0.4 is 11.1 Å². The number of aromatic nitrogens is 5.